The highest BCUT2D eigenvalue weighted by Gasteiger charge is 2.34. The summed E-state index contributed by atoms with van der Waals surface area (Å²) < 4.78 is 5.46. The largest absolute Gasteiger partial charge is 0.505 e. The zero-order valence-electron chi connectivity index (χ0n) is 21.8. The molecule has 0 aliphatic carbocycles. The number of carbonyl (C=O) groups is 1. The molecule has 0 unspecified atom stereocenters. The van der Waals surface area contributed by atoms with Crippen molar-refractivity contribution >= 4 is 40.2 Å². The lowest BCUT2D eigenvalue weighted by molar-refractivity contribution is -0.243. The summed E-state index contributed by atoms with van der Waals surface area (Å²) in [7, 11) is 0. The van der Waals surface area contributed by atoms with Crippen molar-refractivity contribution in [2.24, 2.45) is 0 Å². The number of aromatic nitrogens is 2. The molecule has 2 aliphatic heterocycles. The van der Waals surface area contributed by atoms with Crippen LogP contribution in [0.15, 0.2) is 36.4 Å². The molecule has 2 saturated heterocycles. The van der Waals surface area contributed by atoms with Crippen LogP contribution >= 0.6 is 23.4 Å². The molecule has 5 rings (SSSR count). The Hall–Kier alpha value is -2.95. The first-order chi connectivity index (χ1) is 19.3. The summed E-state index contributed by atoms with van der Waals surface area (Å²) in [5, 5.41) is 43.7. The molecule has 12 heteroatoms. The zero-order chi connectivity index (χ0) is 28.1. The van der Waals surface area contributed by atoms with E-state index in [1.54, 1.807) is 24.3 Å². The Morgan fingerprint density at radius 1 is 1.12 bits per heavy atom. The fraction of sp³-hybridized carbons (Fsp3) is 0.393. The number of hydrogen-bond donors (Lipinski definition) is 4. The van der Waals surface area contributed by atoms with Crippen LogP contribution in [0.25, 0.3) is 10.9 Å². The molecule has 210 valence electrons. The molecule has 2 fully saturated rings. The molecule has 40 heavy (non-hydrogen) atoms. The maximum Gasteiger partial charge on any atom is 0.275 e. The molecular weight excluding hydrogens is 554 g/mol. The van der Waals surface area contributed by atoms with Gasteiger partial charge in [-0.25, -0.2) is 4.90 Å². The van der Waals surface area contributed by atoms with E-state index in [0.717, 1.165) is 30.0 Å². The van der Waals surface area contributed by atoms with E-state index in [0.29, 0.717) is 47.8 Å². The number of morpholine rings is 1. The first kappa shape index (κ1) is 28.6. The average Bonchev–Trinajstić information content (AvgIpc) is 2.94. The van der Waals surface area contributed by atoms with Crippen LogP contribution in [-0.2, 0) is 17.8 Å². The van der Waals surface area contributed by atoms with Gasteiger partial charge in [0.15, 0.2) is 11.4 Å². The number of nitrogens with one attached hydrogen (secondary N) is 1. The molecule has 0 bridgehead atoms. The summed E-state index contributed by atoms with van der Waals surface area (Å²) in [6, 6.07) is 10.8. The molecule has 3 aromatic rings. The highest BCUT2D eigenvalue weighted by molar-refractivity contribution is 7.99. The second kappa shape index (κ2) is 12.7. The maximum atomic E-state index is 12.9. The number of ether oxygens (including phenoxy) is 1. The Balaban J connectivity index is 1.44. The molecule has 0 radical (unpaired) electrons. The van der Waals surface area contributed by atoms with Crippen LogP contribution in [0, 0.1) is 11.8 Å². The number of fused-ring (bicyclic) bond motifs is 1. The van der Waals surface area contributed by atoms with Gasteiger partial charge in [-0.15, -0.1) is 10.2 Å². The van der Waals surface area contributed by atoms with Gasteiger partial charge < -0.3 is 25.4 Å². The highest BCUT2D eigenvalue weighted by atomic mass is 35.5. The van der Waals surface area contributed by atoms with Gasteiger partial charge in [-0.3, -0.25) is 9.69 Å². The summed E-state index contributed by atoms with van der Waals surface area (Å²) in [5.41, 5.74) is 2.45. The van der Waals surface area contributed by atoms with E-state index in [-0.39, 0.29) is 30.3 Å². The van der Waals surface area contributed by atoms with Crippen molar-refractivity contribution in [3.05, 3.63) is 63.8 Å². The standard InChI is InChI=1S/C28H30ClN5O5S/c29-22-5-3-19(4-6-22)16-30-27(36)25-26(35)23-15-20(17-33-8-11-39-12-9-33)14-21(24(23)31-32-25)2-1-7-34-10-13-40-18-28(34,37)38/h3-6,14-15,37-38H,7-13,16-18H2,(H,30,36)(H,31,35). The Morgan fingerprint density at radius 2 is 1.90 bits per heavy atom. The summed E-state index contributed by atoms with van der Waals surface area (Å²) in [6.07, 6.45) is 0. The van der Waals surface area contributed by atoms with Crippen molar-refractivity contribution in [2.45, 2.75) is 19.0 Å². The lowest BCUT2D eigenvalue weighted by Gasteiger charge is -2.37. The lowest BCUT2D eigenvalue weighted by Crippen LogP contribution is -2.54. The molecule has 0 saturated carbocycles. The van der Waals surface area contributed by atoms with Crippen LogP contribution in [0.3, 0.4) is 0 Å². The van der Waals surface area contributed by atoms with Crippen molar-refractivity contribution in [1.29, 1.82) is 0 Å². The van der Waals surface area contributed by atoms with Crippen LogP contribution in [0.1, 0.15) is 27.2 Å². The van der Waals surface area contributed by atoms with Crippen LogP contribution in [0.2, 0.25) is 5.02 Å². The van der Waals surface area contributed by atoms with Gasteiger partial charge in [0.2, 0.25) is 5.91 Å². The number of nitrogens with zero attached hydrogens (tertiary/aromatic N) is 4. The smallest absolute Gasteiger partial charge is 0.275 e. The van der Waals surface area contributed by atoms with E-state index in [1.807, 2.05) is 12.1 Å². The minimum absolute atomic E-state index is 0.146. The van der Waals surface area contributed by atoms with Gasteiger partial charge in [0.05, 0.1) is 31.1 Å². The van der Waals surface area contributed by atoms with Crippen molar-refractivity contribution in [3.8, 4) is 17.6 Å². The normalized spacial score (nSPS) is 17.8. The average molecular weight is 584 g/mol. The van der Waals surface area contributed by atoms with E-state index in [1.165, 1.54) is 16.7 Å². The zero-order valence-corrected chi connectivity index (χ0v) is 23.3. The molecular formula is C28H30ClN5O5S. The van der Waals surface area contributed by atoms with Gasteiger partial charge in [0.25, 0.3) is 5.91 Å². The first-order valence-electron chi connectivity index (χ1n) is 12.9. The van der Waals surface area contributed by atoms with E-state index in [9.17, 15) is 20.1 Å². The molecule has 1 amide bonds. The Labute approximate surface area is 241 Å². The molecule has 4 N–H and O–H groups in total. The number of hydrogen-bond acceptors (Lipinski definition) is 10. The van der Waals surface area contributed by atoms with Crippen molar-refractivity contribution in [2.75, 3.05) is 50.9 Å². The monoisotopic (exact) mass is 583 g/mol. The van der Waals surface area contributed by atoms with Gasteiger partial charge in [-0.2, -0.15) is 11.8 Å². The van der Waals surface area contributed by atoms with E-state index in [4.69, 9.17) is 16.3 Å². The number of thioether (sulfide) groups is 1. The van der Waals surface area contributed by atoms with Crippen molar-refractivity contribution in [3.63, 3.8) is 0 Å². The second-order valence-corrected chi connectivity index (χ2v) is 11.2. The molecule has 0 atom stereocenters. The second-order valence-electron chi connectivity index (χ2n) is 9.68. The number of halogens is 1. The minimum Gasteiger partial charge on any atom is -0.505 e. The van der Waals surface area contributed by atoms with Crippen LogP contribution in [-0.4, -0.2) is 98.0 Å². The summed E-state index contributed by atoms with van der Waals surface area (Å²) in [6.45, 7) is 4.33. The molecule has 2 aliphatic rings. The lowest BCUT2D eigenvalue weighted by atomic mass is 10.0. The summed E-state index contributed by atoms with van der Waals surface area (Å²) in [4.78, 5) is 16.7. The number of rotatable bonds is 6. The highest BCUT2D eigenvalue weighted by Crippen LogP contribution is 2.30. The van der Waals surface area contributed by atoms with Crippen LogP contribution in [0.4, 0.5) is 0 Å². The topological polar surface area (TPSA) is 131 Å². The number of amides is 1. The summed E-state index contributed by atoms with van der Waals surface area (Å²) in [5.74, 6) is 4.34. The third kappa shape index (κ3) is 6.85. The van der Waals surface area contributed by atoms with Crippen molar-refractivity contribution in [1.82, 2.24) is 25.3 Å². The van der Waals surface area contributed by atoms with E-state index < -0.39 is 11.8 Å². The predicted octanol–water partition coefficient (Wildman–Crippen LogP) is 1.79. The molecule has 3 heterocycles. The third-order valence-corrected chi connectivity index (χ3v) is 8.11. The minimum atomic E-state index is -1.91. The molecule has 0 spiro atoms. The fourth-order valence-electron chi connectivity index (χ4n) is 4.57. The Bertz CT molecular complexity index is 1440. The number of carbonyl (C=O) groups excluding carboxylic acids is 1. The van der Waals surface area contributed by atoms with Gasteiger partial charge in [-0.1, -0.05) is 35.6 Å². The Kier molecular flexibility index (Phi) is 9.07. The summed E-state index contributed by atoms with van der Waals surface area (Å²) >= 11 is 7.41. The van der Waals surface area contributed by atoms with Crippen LogP contribution in [0.5, 0.6) is 5.75 Å². The quantitative estimate of drug-likeness (QED) is 0.252. The Morgan fingerprint density at radius 3 is 2.65 bits per heavy atom. The van der Waals surface area contributed by atoms with Gasteiger partial charge in [0.1, 0.15) is 5.52 Å². The number of aromatic hydroxyl groups is 1. The first-order valence-corrected chi connectivity index (χ1v) is 14.4. The molecule has 2 aromatic carbocycles. The predicted molar refractivity (Wildman–Crippen MR) is 153 cm³/mol. The van der Waals surface area contributed by atoms with Gasteiger partial charge in [0, 0.05) is 48.9 Å². The van der Waals surface area contributed by atoms with Gasteiger partial charge in [-0.05, 0) is 35.4 Å². The number of benzene rings is 2. The molecule has 10 nitrogen and oxygen atoms in total. The number of aliphatic hydroxyl groups is 2. The third-order valence-electron chi connectivity index (χ3n) is 6.79. The van der Waals surface area contributed by atoms with E-state index >= 15 is 0 Å². The van der Waals surface area contributed by atoms with Crippen molar-refractivity contribution < 1.29 is 24.9 Å². The molecule has 1 aromatic heterocycles. The van der Waals surface area contributed by atoms with E-state index in [2.05, 4.69) is 32.3 Å². The maximum absolute atomic E-state index is 12.9. The SMILES string of the molecule is O=C(NCc1ccc(Cl)cc1)c1nnc2c(C#CCN3CCSCC3(O)O)cc(CN3CCOCC3)cc2c1O. The fourth-order valence-corrected chi connectivity index (χ4v) is 5.65. The van der Waals surface area contributed by atoms with Crippen LogP contribution < -0.4 is 5.32 Å². The van der Waals surface area contributed by atoms with Gasteiger partial charge >= 0.3 is 0 Å².